The number of thiophene rings is 1. The van der Waals surface area contributed by atoms with Crippen molar-refractivity contribution in [3.8, 4) is 23.8 Å². The van der Waals surface area contributed by atoms with E-state index in [9.17, 15) is 14.9 Å². The number of carbonyl (C=O) groups is 2. The van der Waals surface area contributed by atoms with Gasteiger partial charge in [-0.3, -0.25) is 9.69 Å². The molecule has 12 nitrogen and oxygen atoms in total. The van der Waals surface area contributed by atoms with Crippen LogP contribution in [-0.2, 0) is 16.6 Å². The fraction of sp³-hybridized carbons (Fsp3) is 0.611. The van der Waals surface area contributed by atoms with Crippen LogP contribution in [0.3, 0.4) is 0 Å². The Morgan fingerprint density at radius 3 is 2.55 bits per heavy atom. The molecule has 49 heavy (non-hydrogen) atoms. The number of ether oxygens (including phenoxy) is 2. The summed E-state index contributed by atoms with van der Waals surface area (Å²) >= 11 is 1.52. The van der Waals surface area contributed by atoms with Gasteiger partial charge in [0.1, 0.15) is 28.6 Å². The molecule has 13 heteroatoms. The van der Waals surface area contributed by atoms with Crippen LogP contribution in [0.4, 0.5) is 15.6 Å². The fourth-order valence-corrected chi connectivity index (χ4v) is 7.93. The average molecular weight is 689 g/mol. The summed E-state index contributed by atoms with van der Waals surface area (Å²) < 4.78 is 11.9. The minimum atomic E-state index is -0.701. The van der Waals surface area contributed by atoms with E-state index in [4.69, 9.17) is 9.47 Å². The molecule has 0 radical (unpaired) electrons. The number of nitriles is 1. The number of nitrogens with zero attached hydrogens (tertiary/aromatic N) is 8. The van der Waals surface area contributed by atoms with Crippen molar-refractivity contribution in [2.45, 2.75) is 89.9 Å². The predicted octanol–water partition coefficient (Wildman–Crippen LogP) is 5.03. The number of anilines is 1. The highest BCUT2D eigenvalue weighted by Gasteiger charge is 2.37. The molecule has 2 aromatic rings. The maximum Gasteiger partial charge on any atom is 0.410 e. The van der Waals surface area contributed by atoms with E-state index in [2.05, 4.69) is 44.8 Å². The molecule has 1 unspecified atom stereocenters. The largest absolute Gasteiger partial charge is 0.473 e. The number of hydrogen-bond acceptors (Lipinski definition) is 11. The molecular weight excluding hydrogens is 641 g/mol. The second kappa shape index (κ2) is 14.7. The zero-order chi connectivity index (χ0) is 35.5. The number of aliphatic imine (C=N–C) groups is 1. The highest BCUT2D eigenvalue weighted by atomic mass is 32.1. The molecule has 262 valence electrons. The molecule has 5 rings (SSSR count). The molecule has 3 aliphatic rings. The van der Waals surface area contributed by atoms with Crippen molar-refractivity contribution in [3.63, 3.8) is 0 Å². The van der Waals surface area contributed by atoms with Crippen molar-refractivity contribution < 1.29 is 19.1 Å². The lowest BCUT2D eigenvalue weighted by atomic mass is 9.73. The Labute approximate surface area is 294 Å². The van der Waals surface area contributed by atoms with E-state index in [1.165, 1.54) is 11.3 Å². The summed E-state index contributed by atoms with van der Waals surface area (Å²) in [5.74, 6) is 6.41. The van der Waals surface area contributed by atoms with Crippen LogP contribution >= 0.6 is 11.3 Å². The third kappa shape index (κ3) is 8.52. The number of carbonyl (C=O) groups excluding carboxylic acids is 2. The number of likely N-dealkylation sites (N-methyl/N-ethyl adjacent to an activating group) is 1. The van der Waals surface area contributed by atoms with Crippen molar-refractivity contribution >= 4 is 40.4 Å². The van der Waals surface area contributed by atoms with Gasteiger partial charge in [0.2, 0.25) is 11.7 Å². The first-order valence-corrected chi connectivity index (χ1v) is 17.8. The molecule has 2 saturated heterocycles. The van der Waals surface area contributed by atoms with Gasteiger partial charge in [0.05, 0.1) is 17.3 Å². The summed E-state index contributed by atoms with van der Waals surface area (Å²) in [7, 11) is 5.86. The molecule has 2 aromatic heterocycles. The van der Waals surface area contributed by atoms with Crippen LogP contribution in [0.1, 0.15) is 86.9 Å². The van der Waals surface area contributed by atoms with Crippen molar-refractivity contribution in [1.82, 2.24) is 24.7 Å². The van der Waals surface area contributed by atoms with Gasteiger partial charge in [0.15, 0.2) is 0 Å². The summed E-state index contributed by atoms with van der Waals surface area (Å²) in [4.78, 5) is 49.2. The van der Waals surface area contributed by atoms with Gasteiger partial charge in [0.25, 0.3) is 5.78 Å². The lowest BCUT2D eigenvalue weighted by Crippen LogP contribution is -2.50. The molecule has 1 aliphatic carbocycles. The standard InChI is InChI=1S/C36H48N8O4S/c1-24(26-11-10-16-42(26)8)47-30-21-29(43-17-19-44(20-18-43)34(46)48-35(2,3)4)39-32(40-30)27(45)13-15-36(5)14-9-12-28-31(36)25(22-37)33(49-28)38-23-41(6)7/h21,23-24,26H,9-12,14,16-20H2,1-8H3/b38-23+/t24-,26-,36?/m0/s1. The van der Waals surface area contributed by atoms with Crippen LogP contribution in [0, 0.1) is 23.2 Å². The number of ketones is 1. The molecule has 0 spiro atoms. The molecule has 3 atom stereocenters. The topological polar surface area (TPSA) is 127 Å². The van der Waals surface area contributed by atoms with Gasteiger partial charge in [0, 0.05) is 62.8 Å². The first-order valence-electron chi connectivity index (χ1n) is 17.0. The summed E-state index contributed by atoms with van der Waals surface area (Å²) in [6.45, 7) is 12.5. The number of fused-ring (bicyclic) bond motifs is 1. The zero-order valence-electron chi connectivity index (χ0n) is 30.0. The molecule has 0 saturated carbocycles. The van der Waals surface area contributed by atoms with E-state index >= 15 is 0 Å². The van der Waals surface area contributed by atoms with Crippen molar-refractivity contribution in [1.29, 1.82) is 5.26 Å². The van der Waals surface area contributed by atoms with Crippen molar-refractivity contribution in [2.75, 3.05) is 58.8 Å². The maximum absolute atomic E-state index is 13.8. The molecule has 2 aliphatic heterocycles. The number of amides is 1. The average Bonchev–Trinajstić information content (AvgIpc) is 3.65. The Bertz CT molecular complexity index is 1690. The molecule has 0 aromatic carbocycles. The van der Waals surface area contributed by atoms with Crippen LogP contribution in [0.5, 0.6) is 5.88 Å². The third-order valence-electron chi connectivity index (χ3n) is 9.14. The van der Waals surface area contributed by atoms with E-state index in [1.54, 1.807) is 17.3 Å². The minimum Gasteiger partial charge on any atom is -0.473 e. The Morgan fingerprint density at radius 2 is 1.92 bits per heavy atom. The van der Waals surface area contributed by atoms with Gasteiger partial charge in [-0.2, -0.15) is 10.2 Å². The molecular formula is C36H48N8O4S. The molecule has 0 N–H and O–H groups in total. The van der Waals surface area contributed by atoms with Crippen LogP contribution in [0.2, 0.25) is 0 Å². The van der Waals surface area contributed by atoms with Crippen LogP contribution in [0.15, 0.2) is 11.1 Å². The Kier molecular flexibility index (Phi) is 10.9. The number of aromatic nitrogens is 2. The van der Waals surface area contributed by atoms with Gasteiger partial charge < -0.3 is 24.2 Å². The molecule has 4 heterocycles. The monoisotopic (exact) mass is 688 g/mol. The number of hydrogen-bond donors (Lipinski definition) is 0. The second-order valence-electron chi connectivity index (χ2n) is 14.5. The van der Waals surface area contributed by atoms with Crippen LogP contribution in [0.25, 0.3) is 0 Å². The van der Waals surface area contributed by atoms with Gasteiger partial charge in [-0.05, 0) is 86.2 Å². The van der Waals surface area contributed by atoms with E-state index < -0.39 is 16.8 Å². The van der Waals surface area contributed by atoms with Crippen LogP contribution in [-0.4, -0.2) is 114 Å². The summed E-state index contributed by atoms with van der Waals surface area (Å²) in [5, 5.41) is 10.8. The van der Waals surface area contributed by atoms with E-state index in [0.29, 0.717) is 54.9 Å². The van der Waals surface area contributed by atoms with E-state index in [1.807, 2.05) is 58.5 Å². The summed E-state index contributed by atoms with van der Waals surface area (Å²) in [6.07, 6.45) is 5.77. The zero-order valence-corrected chi connectivity index (χ0v) is 30.8. The smallest absolute Gasteiger partial charge is 0.410 e. The SMILES string of the molecule is C[C@H](Oc1cc(N2CCN(C(=O)OC(C)(C)C)CC2)nc(C(=O)C#CC2(C)CCCc3sc(/N=C/N(C)C)c(C#N)c32)n1)[C@@H]1CCCN1C. The highest BCUT2D eigenvalue weighted by molar-refractivity contribution is 7.16. The quantitative estimate of drug-likeness (QED) is 0.129. The van der Waals surface area contributed by atoms with Gasteiger partial charge in [-0.25, -0.2) is 14.8 Å². The number of aryl methyl sites for hydroxylation is 1. The van der Waals surface area contributed by atoms with Gasteiger partial charge >= 0.3 is 6.09 Å². The Morgan fingerprint density at radius 1 is 1.18 bits per heavy atom. The summed E-state index contributed by atoms with van der Waals surface area (Å²) in [5.41, 5.74) is 0.111. The normalized spacial score (nSPS) is 21.8. The first kappa shape index (κ1) is 36.1. The highest BCUT2D eigenvalue weighted by Crippen LogP contribution is 2.47. The lowest BCUT2D eigenvalue weighted by molar-refractivity contribution is 0.0240. The predicted molar refractivity (Wildman–Crippen MR) is 191 cm³/mol. The number of rotatable bonds is 7. The molecule has 2 fully saturated rings. The number of likely N-dealkylation sites (tertiary alicyclic amines) is 1. The maximum atomic E-state index is 13.8. The van der Waals surface area contributed by atoms with Gasteiger partial charge in [-0.1, -0.05) is 5.92 Å². The third-order valence-corrected chi connectivity index (χ3v) is 10.3. The van der Waals surface area contributed by atoms with E-state index in [-0.39, 0.29) is 24.1 Å². The number of Topliss-reactive ketones (excluding diaryl/α,β-unsaturated/α-hetero) is 1. The van der Waals surface area contributed by atoms with Gasteiger partial charge in [-0.15, -0.1) is 11.3 Å². The Hall–Kier alpha value is -4.20. The summed E-state index contributed by atoms with van der Waals surface area (Å²) in [6, 6.07) is 4.37. The van der Waals surface area contributed by atoms with Crippen molar-refractivity contribution in [3.05, 3.63) is 27.9 Å². The molecule has 1 amide bonds. The Balaban J connectivity index is 1.43. The molecule has 0 bridgehead atoms. The van der Waals surface area contributed by atoms with E-state index in [0.717, 1.165) is 42.7 Å². The second-order valence-corrected chi connectivity index (χ2v) is 15.6. The number of piperazine rings is 1. The first-order chi connectivity index (χ1) is 23.2. The van der Waals surface area contributed by atoms with Crippen LogP contribution < -0.4 is 9.64 Å². The van der Waals surface area contributed by atoms with Crippen molar-refractivity contribution in [2.24, 2.45) is 4.99 Å². The minimum absolute atomic E-state index is 0.0386. The fourth-order valence-electron chi connectivity index (χ4n) is 6.67. The lowest BCUT2D eigenvalue weighted by Gasteiger charge is -2.36.